The summed E-state index contributed by atoms with van der Waals surface area (Å²) in [5.41, 5.74) is 1.31. The molecule has 3 rings (SSSR count). The SMILES string of the molecule is N#CC(F)=CC=CC1CCC(CCCCC2CCC(c3ccc(F)cc3)CC2)CC1. The fourth-order valence-electron chi connectivity index (χ4n) is 5.39. The summed E-state index contributed by atoms with van der Waals surface area (Å²) in [7, 11) is 0. The highest BCUT2D eigenvalue weighted by atomic mass is 19.1. The van der Waals surface area contributed by atoms with Crippen molar-refractivity contribution in [1.29, 1.82) is 5.26 Å². The average Bonchev–Trinajstić information content (AvgIpc) is 2.78. The molecular weight excluding hydrogens is 376 g/mol. The lowest BCUT2D eigenvalue weighted by atomic mass is 9.76. The van der Waals surface area contributed by atoms with Gasteiger partial charge in [0.25, 0.3) is 0 Å². The van der Waals surface area contributed by atoms with Gasteiger partial charge >= 0.3 is 0 Å². The van der Waals surface area contributed by atoms with Gasteiger partial charge in [0.15, 0.2) is 5.83 Å². The molecule has 0 unspecified atom stereocenters. The number of benzene rings is 1. The summed E-state index contributed by atoms with van der Waals surface area (Å²) in [6, 6.07) is 8.62. The molecule has 30 heavy (non-hydrogen) atoms. The molecule has 0 aliphatic heterocycles. The largest absolute Gasteiger partial charge is 0.207 e. The number of nitrogens with zero attached hydrogens (tertiary/aromatic N) is 1. The molecule has 2 saturated carbocycles. The number of allylic oxidation sites excluding steroid dienone is 4. The molecule has 0 amide bonds. The zero-order chi connectivity index (χ0) is 21.2. The zero-order valence-electron chi connectivity index (χ0n) is 18.0. The summed E-state index contributed by atoms with van der Waals surface area (Å²) in [6.07, 6.45) is 20.5. The van der Waals surface area contributed by atoms with Gasteiger partial charge in [-0.15, -0.1) is 0 Å². The van der Waals surface area contributed by atoms with Crippen LogP contribution in [0.5, 0.6) is 0 Å². The molecule has 0 saturated heterocycles. The Morgan fingerprint density at radius 1 is 0.900 bits per heavy atom. The van der Waals surface area contributed by atoms with Gasteiger partial charge in [0.05, 0.1) is 0 Å². The standard InChI is InChI=1S/C27H35F2N/c28-26-18-16-25(17-19-26)24-14-12-22(13-15-24)5-2-1-4-21-8-10-23(11-9-21)6-3-7-27(29)20-30/h3,6-7,16-19,21-24H,1-2,4-5,8-15H2. The van der Waals surface area contributed by atoms with Crippen LogP contribution in [-0.2, 0) is 0 Å². The van der Waals surface area contributed by atoms with E-state index < -0.39 is 5.83 Å². The lowest BCUT2D eigenvalue weighted by molar-refractivity contribution is 0.273. The average molecular weight is 412 g/mol. The zero-order valence-corrected chi connectivity index (χ0v) is 18.0. The van der Waals surface area contributed by atoms with E-state index in [1.807, 2.05) is 12.1 Å². The number of hydrogen-bond donors (Lipinski definition) is 0. The van der Waals surface area contributed by atoms with Crippen LogP contribution in [0.25, 0.3) is 0 Å². The minimum absolute atomic E-state index is 0.138. The van der Waals surface area contributed by atoms with E-state index in [1.54, 1.807) is 18.2 Å². The van der Waals surface area contributed by atoms with Gasteiger partial charge in [-0.2, -0.15) is 9.65 Å². The number of halogens is 2. The summed E-state index contributed by atoms with van der Waals surface area (Å²) in [5, 5.41) is 8.42. The van der Waals surface area contributed by atoms with Crippen molar-refractivity contribution in [3.8, 4) is 6.07 Å². The first-order chi connectivity index (χ1) is 14.6. The van der Waals surface area contributed by atoms with Gasteiger partial charge in [-0.25, -0.2) is 4.39 Å². The molecule has 0 aromatic heterocycles. The first kappa shape index (κ1) is 22.7. The molecule has 2 fully saturated rings. The minimum atomic E-state index is -0.719. The van der Waals surface area contributed by atoms with Crippen LogP contribution in [0.4, 0.5) is 8.78 Å². The van der Waals surface area contributed by atoms with E-state index in [9.17, 15) is 8.78 Å². The van der Waals surface area contributed by atoms with Crippen molar-refractivity contribution >= 4 is 0 Å². The summed E-state index contributed by atoms with van der Waals surface area (Å²) in [5.74, 6) is 2.04. The molecule has 0 atom stereocenters. The molecule has 1 aromatic carbocycles. The van der Waals surface area contributed by atoms with Crippen LogP contribution in [0, 0.1) is 34.9 Å². The fraction of sp³-hybridized carbons (Fsp3) is 0.593. The van der Waals surface area contributed by atoms with Crippen LogP contribution in [0.2, 0.25) is 0 Å². The van der Waals surface area contributed by atoms with E-state index in [4.69, 9.17) is 5.26 Å². The maximum atomic E-state index is 13.1. The van der Waals surface area contributed by atoms with Crippen LogP contribution in [0.1, 0.15) is 88.5 Å². The molecular formula is C27H35F2N. The molecule has 0 N–H and O–H groups in total. The predicted octanol–water partition coefficient (Wildman–Crippen LogP) is 8.40. The fourth-order valence-corrected chi connectivity index (χ4v) is 5.39. The molecule has 0 spiro atoms. The van der Waals surface area contributed by atoms with Crippen molar-refractivity contribution in [3.05, 3.63) is 59.7 Å². The lowest BCUT2D eigenvalue weighted by Gasteiger charge is -2.29. The van der Waals surface area contributed by atoms with Gasteiger partial charge in [0.1, 0.15) is 11.9 Å². The van der Waals surface area contributed by atoms with Crippen molar-refractivity contribution in [1.82, 2.24) is 0 Å². The van der Waals surface area contributed by atoms with Crippen molar-refractivity contribution < 1.29 is 8.78 Å². The van der Waals surface area contributed by atoms with Gasteiger partial charge < -0.3 is 0 Å². The second-order valence-electron chi connectivity index (χ2n) is 9.35. The third-order valence-electron chi connectivity index (χ3n) is 7.29. The second kappa shape index (κ2) is 12.0. The Morgan fingerprint density at radius 2 is 1.47 bits per heavy atom. The van der Waals surface area contributed by atoms with Gasteiger partial charge in [-0.05, 0) is 98.8 Å². The van der Waals surface area contributed by atoms with E-state index >= 15 is 0 Å². The Morgan fingerprint density at radius 3 is 2.03 bits per heavy atom. The van der Waals surface area contributed by atoms with E-state index in [-0.39, 0.29) is 5.82 Å². The smallest absolute Gasteiger partial charge is 0.199 e. The third-order valence-corrected chi connectivity index (χ3v) is 7.29. The third kappa shape index (κ3) is 7.38. The first-order valence-electron chi connectivity index (χ1n) is 11.8. The van der Waals surface area contributed by atoms with Gasteiger partial charge in [-0.3, -0.25) is 0 Å². The highest BCUT2D eigenvalue weighted by Crippen LogP contribution is 2.38. The number of rotatable bonds is 8. The molecule has 2 aliphatic rings. The Balaban J connectivity index is 1.25. The van der Waals surface area contributed by atoms with E-state index in [1.165, 1.54) is 94.8 Å². The minimum Gasteiger partial charge on any atom is -0.207 e. The van der Waals surface area contributed by atoms with Gasteiger partial charge in [0.2, 0.25) is 0 Å². The summed E-state index contributed by atoms with van der Waals surface area (Å²) in [6.45, 7) is 0. The van der Waals surface area contributed by atoms with Gasteiger partial charge in [0, 0.05) is 0 Å². The predicted molar refractivity (Wildman–Crippen MR) is 119 cm³/mol. The highest BCUT2D eigenvalue weighted by molar-refractivity contribution is 5.21. The van der Waals surface area contributed by atoms with Crippen LogP contribution in [-0.4, -0.2) is 0 Å². The maximum Gasteiger partial charge on any atom is 0.199 e. The molecule has 0 radical (unpaired) electrons. The number of unbranched alkanes of at least 4 members (excludes halogenated alkanes) is 1. The number of nitriles is 1. The Kier molecular flexibility index (Phi) is 9.12. The Labute approximate surface area is 180 Å². The monoisotopic (exact) mass is 411 g/mol. The molecule has 2 aliphatic carbocycles. The van der Waals surface area contributed by atoms with Crippen molar-refractivity contribution in [2.75, 3.05) is 0 Å². The van der Waals surface area contributed by atoms with Crippen LogP contribution >= 0.6 is 0 Å². The van der Waals surface area contributed by atoms with Crippen molar-refractivity contribution in [2.24, 2.45) is 17.8 Å². The van der Waals surface area contributed by atoms with Crippen LogP contribution in [0.3, 0.4) is 0 Å². The van der Waals surface area contributed by atoms with E-state index in [0.29, 0.717) is 11.8 Å². The first-order valence-corrected chi connectivity index (χ1v) is 11.8. The maximum absolute atomic E-state index is 13.1. The lowest BCUT2D eigenvalue weighted by Crippen LogP contribution is -2.14. The topological polar surface area (TPSA) is 23.8 Å². The summed E-state index contributed by atoms with van der Waals surface area (Å²) >= 11 is 0. The molecule has 0 bridgehead atoms. The molecule has 162 valence electrons. The van der Waals surface area contributed by atoms with Crippen molar-refractivity contribution in [3.63, 3.8) is 0 Å². The highest BCUT2D eigenvalue weighted by Gasteiger charge is 2.23. The van der Waals surface area contributed by atoms with Crippen LogP contribution < -0.4 is 0 Å². The quantitative estimate of drug-likeness (QED) is 0.239. The Bertz CT molecular complexity index is 727. The summed E-state index contributed by atoms with van der Waals surface area (Å²) < 4.78 is 25.9. The van der Waals surface area contributed by atoms with Crippen LogP contribution in [0.15, 0.2) is 48.3 Å². The van der Waals surface area contributed by atoms with E-state index in [0.717, 1.165) is 11.8 Å². The second-order valence-corrected chi connectivity index (χ2v) is 9.35. The molecule has 1 aromatic rings. The van der Waals surface area contributed by atoms with Crippen molar-refractivity contribution in [2.45, 2.75) is 83.0 Å². The molecule has 0 heterocycles. The van der Waals surface area contributed by atoms with Gasteiger partial charge in [-0.1, -0.05) is 50.0 Å². The van der Waals surface area contributed by atoms with E-state index in [2.05, 4.69) is 6.08 Å². The summed E-state index contributed by atoms with van der Waals surface area (Å²) in [4.78, 5) is 0. The molecule has 3 heteroatoms. The Hall–Kier alpha value is -1.95. The number of hydrogen-bond acceptors (Lipinski definition) is 1. The molecule has 1 nitrogen and oxygen atoms in total. The normalized spacial score (nSPS) is 27.8.